The van der Waals surface area contributed by atoms with E-state index in [2.05, 4.69) is 33.5 Å². The Morgan fingerprint density at radius 2 is 1.90 bits per heavy atom. The molecule has 1 saturated carbocycles. The lowest BCUT2D eigenvalue weighted by Gasteiger charge is -2.32. The number of guanidine groups is 1. The van der Waals surface area contributed by atoms with E-state index in [0.717, 1.165) is 61.8 Å². The average Bonchev–Trinajstić information content (AvgIpc) is 3.26. The minimum Gasteiger partial charge on any atom is -0.493 e. The Bertz CT molecular complexity index is 657. The molecule has 7 heteroatoms. The Morgan fingerprint density at radius 1 is 1.17 bits per heavy atom. The molecule has 170 valence electrons. The van der Waals surface area contributed by atoms with E-state index in [9.17, 15) is 0 Å². The van der Waals surface area contributed by atoms with Crippen LogP contribution in [0, 0.1) is 0 Å². The molecular formula is C23H39IN4O2. The van der Waals surface area contributed by atoms with Gasteiger partial charge in [0, 0.05) is 38.3 Å². The molecule has 0 amide bonds. The number of halogens is 1. The van der Waals surface area contributed by atoms with Gasteiger partial charge in [0.2, 0.25) is 0 Å². The number of likely N-dealkylation sites (tertiary alicyclic amines) is 1. The zero-order valence-electron chi connectivity index (χ0n) is 18.8. The van der Waals surface area contributed by atoms with Gasteiger partial charge in [-0.3, -0.25) is 4.99 Å². The fraction of sp³-hybridized carbons (Fsp3) is 0.696. The molecule has 1 aliphatic carbocycles. The molecule has 1 aromatic carbocycles. The van der Waals surface area contributed by atoms with Crippen LogP contribution in [0.15, 0.2) is 23.2 Å². The van der Waals surface area contributed by atoms with Crippen LogP contribution in [0.3, 0.4) is 0 Å². The van der Waals surface area contributed by atoms with E-state index in [0.29, 0.717) is 18.7 Å². The zero-order valence-corrected chi connectivity index (χ0v) is 21.1. The topological polar surface area (TPSA) is 58.1 Å². The first-order valence-electron chi connectivity index (χ1n) is 11.3. The van der Waals surface area contributed by atoms with Crippen molar-refractivity contribution in [3.63, 3.8) is 0 Å². The van der Waals surface area contributed by atoms with Gasteiger partial charge < -0.3 is 25.0 Å². The molecule has 0 atom stereocenters. The number of nitrogens with zero attached hydrogens (tertiary/aromatic N) is 2. The number of piperidine rings is 1. The summed E-state index contributed by atoms with van der Waals surface area (Å²) in [6.07, 6.45) is 8.62. The second kappa shape index (κ2) is 13.2. The van der Waals surface area contributed by atoms with Crippen LogP contribution in [-0.2, 0) is 6.54 Å². The monoisotopic (exact) mass is 530 g/mol. The standard InChI is InChI=1S/C23H38N4O2.HI/c1-4-14-27-15-12-19(13-16-27)26-23(24-2)25-17-18-8-7-11-21(28-3)22(18)29-20-9-5-6-10-20;/h7-8,11,19-20H,4-6,9-10,12-17H2,1-3H3,(H2,24,25,26);1H. The summed E-state index contributed by atoms with van der Waals surface area (Å²) >= 11 is 0. The van der Waals surface area contributed by atoms with Crippen LogP contribution in [0.5, 0.6) is 11.5 Å². The number of rotatable bonds is 8. The molecule has 1 heterocycles. The Morgan fingerprint density at radius 3 is 2.53 bits per heavy atom. The smallest absolute Gasteiger partial charge is 0.191 e. The Kier molecular flexibility index (Phi) is 11.1. The molecular weight excluding hydrogens is 491 g/mol. The van der Waals surface area contributed by atoms with E-state index in [-0.39, 0.29) is 24.0 Å². The third-order valence-corrected chi connectivity index (χ3v) is 6.01. The minimum atomic E-state index is 0. The summed E-state index contributed by atoms with van der Waals surface area (Å²) in [6, 6.07) is 6.59. The molecule has 1 aromatic rings. The van der Waals surface area contributed by atoms with Crippen molar-refractivity contribution in [1.29, 1.82) is 0 Å². The highest BCUT2D eigenvalue weighted by Gasteiger charge is 2.22. The third-order valence-electron chi connectivity index (χ3n) is 6.01. The second-order valence-electron chi connectivity index (χ2n) is 8.16. The van der Waals surface area contributed by atoms with Gasteiger partial charge in [0.1, 0.15) is 0 Å². The molecule has 3 rings (SSSR count). The summed E-state index contributed by atoms with van der Waals surface area (Å²) in [5, 5.41) is 7.08. The van der Waals surface area contributed by atoms with E-state index >= 15 is 0 Å². The van der Waals surface area contributed by atoms with Crippen LogP contribution in [0.2, 0.25) is 0 Å². The average molecular weight is 530 g/mol. The molecule has 2 aliphatic rings. The molecule has 2 N–H and O–H groups in total. The van der Waals surface area contributed by atoms with Gasteiger partial charge in [0.15, 0.2) is 17.5 Å². The van der Waals surface area contributed by atoms with E-state index in [1.807, 2.05) is 19.2 Å². The number of methoxy groups -OCH3 is 1. The first kappa shape index (κ1) is 25.0. The van der Waals surface area contributed by atoms with Crippen molar-refractivity contribution in [1.82, 2.24) is 15.5 Å². The van der Waals surface area contributed by atoms with Gasteiger partial charge in [-0.25, -0.2) is 0 Å². The predicted molar refractivity (Wildman–Crippen MR) is 134 cm³/mol. The molecule has 0 aromatic heterocycles. The van der Waals surface area contributed by atoms with Crippen LogP contribution in [0.4, 0.5) is 0 Å². The van der Waals surface area contributed by atoms with Gasteiger partial charge in [-0.1, -0.05) is 19.1 Å². The summed E-state index contributed by atoms with van der Waals surface area (Å²) in [5.74, 6) is 2.54. The SMILES string of the molecule is CCCN1CCC(NC(=NC)NCc2cccc(OC)c2OC2CCCC2)CC1.I. The van der Waals surface area contributed by atoms with E-state index in [1.165, 1.54) is 25.8 Å². The normalized spacial score (nSPS) is 18.7. The Labute approximate surface area is 199 Å². The fourth-order valence-electron chi connectivity index (χ4n) is 4.35. The van der Waals surface area contributed by atoms with Crippen molar-refractivity contribution in [2.75, 3.05) is 33.8 Å². The molecule has 2 fully saturated rings. The number of para-hydroxylation sites is 1. The highest BCUT2D eigenvalue weighted by atomic mass is 127. The van der Waals surface area contributed by atoms with E-state index < -0.39 is 0 Å². The van der Waals surface area contributed by atoms with Gasteiger partial charge in [0.05, 0.1) is 13.2 Å². The van der Waals surface area contributed by atoms with E-state index in [1.54, 1.807) is 7.11 Å². The molecule has 6 nitrogen and oxygen atoms in total. The molecule has 1 saturated heterocycles. The van der Waals surface area contributed by atoms with E-state index in [4.69, 9.17) is 9.47 Å². The highest BCUT2D eigenvalue weighted by molar-refractivity contribution is 14.0. The molecule has 30 heavy (non-hydrogen) atoms. The van der Waals surface area contributed by atoms with Crippen molar-refractivity contribution in [3.05, 3.63) is 23.8 Å². The second-order valence-corrected chi connectivity index (χ2v) is 8.16. The highest BCUT2D eigenvalue weighted by Crippen LogP contribution is 2.34. The van der Waals surface area contributed by atoms with Crippen LogP contribution >= 0.6 is 24.0 Å². The van der Waals surface area contributed by atoms with Crippen LogP contribution < -0.4 is 20.1 Å². The molecule has 0 spiro atoms. The van der Waals surface area contributed by atoms with Gasteiger partial charge in [-0.05, 0) is 57.6 Å². The number of benzene rings is 1. The number of ether oxygens (including phenoxy) is 2. The van der Waals surface area contributed by atoms with Gasteiger partial charge in [-0.15, -0.1) is 24.0 Å². The van der Waals surface area contributed by atoms with Crippen molar-refractivity contribution >= 4 is 29.9 Å². The Hall–Kier alpha value is -1.22. The zero-order chi connectivity index (χ0) is 20.5. The lowest BCUT2D eigenvalue weighted by atomic mass is 10.1. The van der Waals surface area contributed by atoms with Crippen LogP contribution in [-0.4, -0.2) is 56.8 Å². The molecule has 1 aliphatic heterocycles. The predicted octanol–water partition coefficient (Wildman–Crippen LogP) is 4.17. The lowest BCUT2D eigenvalue weighted by Crippen LogP contribution is -2.48. The third kappa shape index (κ3) is 7.18. The van der Waals surface area contributed by atoms with Crippen molar-refractivity contribution in [2.45, 2.75) is 70.6 Å². The quantitative estimate of drug-likeness (QED) is 0.300. The first-order chi connectivity index (χ1) is 14.2. The van der Waals surface area contributed by atoms with Crippen molar-refractivity contribution < 1.29 is 9.47 Å². The molecule has 0 unspecified atom stereocenters. The van der Waals surface area contributed by atoms with Gasteiger partial charge in [0.25, 0.3) is 0 Å². The summed E-state index contributed by atoms with van der Waals surface area (Å²) < 4.78 is 11.9. The number of nitrogens with one attached hydrogen (secondary N) is 2. The largest absolute Gasteiger partial charge is 0.493 e. The van der Waals surface area contributed by atoms with Crippen molar-refractivity contribution in [3.8, 4) is 11.5 Å². The maximum absolute atomic E-state index is 6.35. The van der Waals surface area contributed by atoms with Crippen LogP contribution in [0.1, 0.15) is 57.4 Å². The molecule has 0 radical (unpaired) electrons. The number of hydrogen-bond acceptors (Lipinski definition) is 4. The number of aliphatic imine (C=N–C) groups is 1. The maximum atomic E-state index is 6.35. The minimum absolute atomic E-state index is 0. The Balaban J connectivity index is 0.00000320. The summed E-state index contributed by atoms with van der Waals surface area (Å²) in [4.78, 5) is 6.99. The van der Waals surface area contributed by atoms with Crippen molar-refractivity contribution in [2.24, 2.45) is 4.99 Å². The summed E-state index contributed by atoms with van der Waals surface area (Å²) in [6.45, 7) is 6.45. The fourth-order valence-corrected chi connectivity index (χ4v) is 4.35. The maximum Gasteiger partial charge on any atom is 0.191 e. The summed E-state index contributed by atoms with van der Waals surface area (Å²) in [5.41, 5.74) is 1.11. The summed E-state index contributed by atoms with van der Waals surface area (Å²) in [7, 11) is 3.54. The van der Waals surface area contributed by atoms with Crippen LogP contribution in [0.25, 0.3) is 0 Å². The lowest BCUT2D eigenvalue weighted by molar-refractivity contribution is 0.198. The first-order valence-corrected chi connectivity index (χ1v) is 11.3. The molecule has 0 bridgehead atoms. The number of hydrogen-bond donors (Lipinski definition) is 2. The van der Waals surface area contributed by atoms with Gasteiger partial charge in [-0.2, -0.15) is 0 Å². The van der Waals surface area contributed by atoms with Gasteiger partial charge >= 0.3 is 0 Å².